The average Bonchev–Trinajstić information content (AvgIpc) is 2.69. The molecule has 1 rings (SSSR count). The van der Waals surface area contributed by atoms with Gasteiger partial charge in [0.1, 0.15) is 0 Å². The van der Waals surface area contributed by atoms with Gasteiger partial charge in [-0.1, -0.05) is 4.49 Å². The molecule has 0 amide bonds. The minimum Gasteiger partial charge on any atom is -0.382 e. The molecule has 0 saturated carbocycles. The first-order valence-corrected chi connectivity index (χ1v) is 5.81. The highest BCUT2D eigenvalue weighted by Crippen LogP contribution is 1.96. The molecule has 4 nitrogen and oxygen atoms in total. The van der Waals surface area contributed by atoms with Crippen molar-refractivity contribution in [3.63, 3.8) is 0 Å². The van der Waals surface area contributed by atoms with Crippen LogP contribution < -0.4 is 5.32 Å². The van der Waals surface area contributed by atoms with E-state index in [1.807, 2.05) is 12.3 Å². The van der Waals surface area contributed by atoms with E-state index in [4.69, 9.17) is 4.74 Å². The lowest BCUT2D eigenvalue weighted by Crippen LogP contribution is -2.15. The van der Waals surface area contributed by atoms with Crippen molar-refractivity contribution in [2.45, 2.75) is 26.3 Å². The summed E-state index contributed by atoms with van der Waals surface area (Å²) in [5, 5.41) is 9.22. The fourth-order valence-electron chi connectivity index (χ4n) is 1.08. The second kappa shape index (κ2) is 7.84. The van der Waals surface area contributed by atoms with E-state index in [0.29, 0.717) is 0 Å². The van der Waals surface area contributed by atoms with Crippen molar-refractivity contribution in [1.82, 2.24) is 14.9 Å². The van der Waals surface area contributed by atoms with Gasteiger partial charge in [-0.3, -0.25) is 0 Å². The maximum absolute atomic E-state index is 5.24. The zero-order valence-electron chi connectivity index (χ0n) is 8.53. The molecule has 0 saturated heterocycles. The Kier molecular flexibility index (Phi) is 6.47. The van der Waals surface area contributed by atoms with Crippen LogP contribution in [0.1, 0.15) is 25.5 Å². The van der Waals surface area contributed by atoms with Crippen LogP contribution in [0.3, 0.4) is 0 Å². The molecule has 5 heteroatoms. The summed E-state index contributed by atoms with van der Waals surface area (Å²) in [6.45, 7) is 5.55. The molecule has 0 bridgehead atoms. The highest BCUT2D eigenvalue weighted by Gasteiger charge is 1.94. The fourth-order valence-corrected chi connectivity index (χ4v) is 1.53. The van der Waals surface area contributed by atoms with Crippen LogP contribution in [0.4, 0.5) is 0 Å². The lowest BCUT2D eigenvalue weighted by molar-refractivity contribution is 0.143. The highest BCUT2D eigenvalue weighted by molar-refractivity contribution is 7.03. The first-order chi connectivity index (χ1) is 6.93. The van der Waals surface area contributed by atoms with E-state index in [1.54, 1.807) is 0 Å². The van der Waals surface area contributed by atoms with E-state index in [-0.39, 0.29) is 0 Å². The number of unbranched alkanes of at least 4 members (excludes halogenated alkanes) is 1. The molecule has 0 aliphatic heterocycles. The summed E-state index contributed by atoms with van der Waals surface area (Å²) in [5.74, 6) is 0. The Bertz CT molecular complexity index is 216. The monoisotopic (exact) mass is 215 g/mol. The smallest absolute Gasteiger partial charge is 0.0893 e. The largest absolute Gasteiger partial charge is 0.382 e. The molecule has 1 heterocycles. The number of aromatic nitrogens is 2. The van der Waals surface area contributed by atoms with Crippen LogP contribution in [0.25, 0.3) is 0 Å². The van der Waals surface area contributed by atoms with Crippen LogP contribution in [0.2, 0.25) is 0 Å². The molecule has 0 atom stereocenters. The van der Waals surface area contributed by atoms with Gasteiger partial charge >= 0.3 is 0 Å². The van der Waals surface area contributed by atoms with Crippen molar-refractivity contribution in [3.05, 3.63) is 11.1 Å². The van der Waals surface area contributed by atoms with Crippen LogP contribution in [-0.4, -0.2) is 29.3 Å². The third kappa shape index (κ3) is 5.26. The van der Waals surface area contributed by atoms with Crippen LogP contribution >= 0.6 is 11.5 Å². The SMILES string of the molecule is CCOCCCCNCc1csnn1. The Hall–Kier alpha value is -0.520. The second-order valence-electron chi connectivity index (χ2n) is 2.98. The van der Waals surface area contributed by atoms with Crippen molar-refractivity contribution in [2.24, 2.45) is 0 Å². The van der Waals surface area contributed by atoms with Gasteiger partial charge in [0.25, 0.3) is 0 Å². The van der Waals surface area contributed by atoms with Gasteiger partial charge in [-0.15, -0.1) is 5.10 Å². The summed E-state index contributed by atoms with van der Waals surface area (Å²) in [6, 6.07) is 0. The Morgan fingerprint density at radius 1 is 1.50 bits per heavy atom. The van der Waals surface area contributed by atoms with Gasteiger partial charge in [-0.05, 0) is 37.8 Å². The summed E-state index contributed by atoms with van der Waals surface area (Å²) in [4.78, 5) is 0. The van der Waals surface area contributed by atoms with Gasteiger partial charge < -0.3 is 10.1 Å². The summed E-state index contributed by atoms with van der Waals surface area (Å²) >= 11 is 1.39. The van der Waals surface area contributed by atoms with Gasteiger partial charge in [0.05, 0.1) is 5.69 Å². The van der Waals surface area contributed by atoms with Crippen LogP contribution in [0.5, 0.6) is 0 Å². The topological polar surface area (TPSA) is 47.0 Å². The molecular weight excluding hydrogens is 198 g/mol. The van der Waals surface area contributed by atoms with Gasteiger partial charge in [0.15, 0.2) is 0 Å². The predicted octanol–water partition coefficient (Wildman–Crippen LogP) is 1.44. The third-order valence-corrected chi connectivity index (χ3v) is 2.36. The Labute approximate surface area is 88.8 Å². The quantitative estimate of drug-likeness (QED) is 0.667. The van der Waals surface area contributed by atoms with Gasteiger partial charge in [-0.25, -0.2) is 0 Å². The van der Waals surface area contributed by atoms with E-state index in [2.05, 4.69) is 14.9 Å². The van der Waals surface area contributed by atoms with E-state index in [0.717, 1.165) is 44.8 Å². The summed E-state index contributed by atoms with van der Waals surface area (Å²) in [5.41, 5.74) is 1.03. The van der Waals surface area contributed by atoms with Crippen molar-refractivity contribution in [2.75, 3.05) is 19.8 Å². The molecular formula is C9H17N3OS. The molecule has 0 spiro atoms. The molecule has 80 valence electrons. The molecule has 0 aliphatic rings. The maximum atomic E-state index is 5.24. The van der Waals surface area contributed by atoms with E-state index in [9.17, 15) is 0 Å². The standard InChI is InChI=1S/C9H17N3OS/c1-2-13-6-4-3-5-10-7-9-8-14-12-11-9/h8,10H,2-7H2,1H3. The average molecular weight is 215 g/mol. The number of ether oxygens (including phenoxy) is 1. The zero-order chi connectivity index (χ0) is 10.1. The second-order valence-corrected chi connectivity index (χ2v) is 3.59. The van der Waals surface area contributed by atoms with Gasteiger partial charge in [0, 0.05) is 25.1 Å². The maximum Gasteiger partial charge on any atom is 0.0893 e. The van der Waals surface area contributed by atoms with E-state index in [1.165, 1.54) is 11.5 Å². The first kappa shape index (κ1) is 11.6. The molecule has 1 aromatic rings. The molecule has 1 aromatic heterocycles. The van der Waals surface area contributed by atoms with Crippen LogP contribution in [0, 0.1) is 0 Å². The minimum absolute atomic E-state index is 0.817. The first-order valence-electron chi connectivity index (χ1n) is 4.98. The molecule has 0 fully saturated rings. The van der Waals surface area contributed by atoms with Crippen molar-refractivity contribution >= 4 is 11.5 Å². The van der Waals surface area contributed by atoms with Gasteiger partial charge in [-0.2, -0.15) is 0 Å². The molecule has 0 aliphatic carbocycles. The lowest BCUT2D eigenvalue weighted by atomic mass is 10.3. The van der Waals surface area contributed by atoms with Crippen LogP contribution in [-0.2, 0) is 11.3 Å². The van der Waals surface area contributed by atoms with E-state index >= 15 is 0 Å². The molecule has 14 heavy (non-hydrogen) atoms. The predicted molar refractivity (Wildman–Crippen MR) is 57.3 cm³/mol. The van der Waals surface area contributed by atoms with Gasteiger partial charge in [0.2, 0.25) is 0 Å². The molecule has 1 N–H and O–H groups in total. The Morgan fingerprint density at radius 3 is 3.14 bits per heavy atom. The zero-order valence-corrected chi connectivity index (χ0v) is 9.35. The molecule has 0 radical (unpaired) electrons. The molecule has 0 aromatic carbocycles. The number of nitrogens with zero attached hydrogens (tertiary/aromatic N) is 2. The number of hydrogen-bond donors (Lipinski definition) is 1. The Balaban J connectivity index is 1.85. The normalized spacial score (nSPS) is 10.6. The highest BCUT2D eigenvalue weighted by atomic mass is 32.1. The van der Waals surface area contributed by atoms with Crippen molar-refractivity contribution in [1.29, 1.82) is 0 Å². The minimum atomic E-state index is 0.817. The summed E-state index contributed by atoms with van der Waals surface area (Å²) < 4.78 is 9.03. The van der Waals surface area contributed by atoms with E-state index < -0.39 is 0 Å². The third-order valence-electron chi connectivity index (χ3n) is 1.81. The molecule has 0 unspecified atom stereocenters. The summed E-state index contributed by atoms with van der Waals surface area (Å²) in [6.07, 6.45) is 2.27. The number of hydrogen-bond acceptors (Lipinski definition) is 5. The van der Waals surface area contributed by atoms with Crippen LogP contribution in [0.15, 0.2) is 5.38 Å². The Morgan fingerprint density at radius 2 is 2.43 bits per heavy atom. The number of nitrogens with one attached hydrogen (secondary N) is 1. The number of rotatable bonds is 8. The lowest BCUT2D eigenvalue weighted by Gasteiger charge is -2.02. The summed E-state index contributed by atoms with van der Waals surface area (Å²) in [7, 11) is 0. The van der Waals surface area contributed by atoms with Crippen molar-refractivity contribution in [3.8, 4) is 0 Å². The fraction of sp³-hybridized carbons (Fsp3) is 0.778. The van der Waals surface area contributed by atoms with Crippen molar-refractivity contribution < 1.29 is 4.74 Å².